The number of aryl methyl sites for hydroxylation is 1. The van der Waals surface area contributed by atoms with Crippen LogP contribution in [0.5, 0.6) is 5.75 Å². The van der Waals surface area contributed by atoms with Crippen LogP contribution in [0.2, 0.25) is 0 Å². The third-order valence-corrected chi connectivity index (χ3v) is 3.85. The molecule has 8 heteroatoms. The molecule has 0 bridgehead atoms. The molecule has 1 aromatic heterocycles. The zero-order valence-corrected chi connectivity index (χ0v) is 15.6. The highest BCUT2D eigenvalue weighted by Gasteiger charge is 2.10. The van der Waals surface area contributed by atoms with E-state index in [-0.39, 0.29) is 11.0 Å². The number of nitrogens with one attached hydrogen (secondary N) is 2. The third kappa shape index (κ3) is 3.97. The Kier molecular flexibility index (Phi) is 5.13. The summed E-state index contributed by atoms with van der Waals surface area (Å²) in [6.45, 7) is 5.92. The molecule has 0 radical (unpaired) electrons. The second-order valence-corrected chi connectivity index (χ2v) is 6.12. The Hall–Kier alpha value is -3.00. The van der Waals surface area contributed by atoms with E-state index in [9.17, 15) is 4.79 Å². The number of thiocarbonyl (C=S) groups is 1. The van der Waals surface area contributed by atoms with Crippen molar-refractivity contribution in [3.8, 4) is 11.4 Å². The highest BCUT2D eigenvalue weighted by molar-refractivity contribution is 7.80. The second-order valence-electron chi connectivity index (χ2n) is 5.71. The van der Waals surface area contributed by atoms with Gasteiger partial charge < -0.3 is 15.4 Å². The van der Waals surface area contributed by atoms with E-state index in [0.29, 0.717) is 6.61 Å². The fourth-order valence-corrected chi connectivity index (χ4v) is 2.73. The number of benzene rings is 2. The Morgan fingerprint density at radius 1 is 1.19 bits per heavy atom. The van der Waals surface area contributed by atoms with E-state index in [2.05, 4.69) is 20.8 Å². The lowest BCUT2D eigenvalue weighted by molar-refractivity contribution is -0.117. The zero-order chi connectivity index (χ0) is 18.7. The monoisotopic (exact) mass is 369 g/mol. The van der Waals surface area contributed by atoms with Crippen LogP contribution in [0.4, 0.5) is 5.69 Å². The van der Waals surface area contributed by atoms with E-state index < -0.39 is 0 Å². The lowest BCUT2D eigenvalue weighted by Gasteiger charge is -2.10. The molecule has 2 aromatic carbocycles. The largest absolute Gasteiger partial charge is 0.494 e. The van der Waals surface area contributed by atoms with Crippen LogP contribution in [0.25, 0.3) is 16.7 Å². The first-order valence-electron chi connectivity index (χ1n) is 8.16. The third-order valence-electron chi connectivity index (χ3n) is 3.64. The Morgan fingerprint density at radius 2 is 1.85 bits per heavy atom. The van der Waals surface area contributed by atoms with Crippen LogP contribution in [0, 0.1) is 6.92 Å². The molecule has 0 aliphatic heterocycles. The fraction of sp³-hybridized carbons (Fsp3) is 0.222. The molecule has 3 rings (SSSR count). The van der Waals surface area contributed by atoms with Crippen molar-refractivity contribution in [2.75, 3.05) is 11.9 Å². The lowest BCUT2D eigenvalue weighted by Crippen LogP contribution is -2.32. The highest BCUT2D eigenvalue weighted by Crippen LogP contribution is 2.22. The van der Waals surface area contributed by atoms with Crippen molar-refractivity contribution in [3.63, 3.8) is 0 Å². The number of aromatic nitrogens is 3. The SMILES string of the molecule is CCOc1ccc(-n2nc3cc(C)c(NC(=S)NC(C)=O)cc3n2)cc1. The molecule has 1 amide bonds. The van der Waals surface area contributed by atoms with Gasteiger partial charge in [-0.3, -0.25) is 4.79 Å². The van der Waals surface area contributed by atoms with E-state index in [4.69, 9.17) is 17.0 Å². The normalized spacial score (nSPS) is 10.6. The van der Waals surface area contributed by atoms with E-state index in [1.807, 2.05) is 50.2 Å². The van der Waals surface area contributed by atoms with Crippen LogP contribution in [-0.4, -0.2) is 32.6 Å². The number of nitrogens with zero attached hydrogens (tertiary/aromatic N) is 3. The average Bonchev–Trinajstić information content (AvgIpc) is 2.98. The van der Waals surface area contributed by atoms with Crippen molar-refractivity contribution in [3.05, 3.63) is 42.0 Å². The molecular formula is C18H19N5O2S. The second kappa shape index (κ2) is 7.49. The van der Waals surface area contributed by atoms with Gasteiger partial charge in [-0.05, 0) is 68.0 Å². The van der Waals surface area contributed by atoms with Gasteiger partial charge in [0.15, 0.2) is 5.11 Å². The Balaban J connectivity index is 1.88. The standard InChI is InChI=1S/C18H19N5O2S/c1-4-25-14-7-5-13(6-8-14)23-21-16-9-11(2)15(10-17(16)22-23)20-18(26)19-12(3)24/h5-10H,4H2,1-3H3,(H2,19,20,24,26). The van der Waals surface area contributed by atoms with Crippen LogP contribution in [-0.2, 0) is 4.79 Å². The minimum atomic E-state index is -0.220. The first kappa shape index (κ1) is 17.8. The molecule has 0 unspecified atom stereocenters. The minimum absolute atomic E-state index is 0.220. The number of amides is 1. The van der Waals surface area contributed by atoms with Crippen LogP contribution < -0.4 is 15.4 Å². The summed E-state index contributed by atoms with van der Waals surface area (Å²) in [6, 6.07) is 11.4. The van der Waals surface area contributed by atoms with Gasteiger partial charge in [-0.15, -0.1) is 10.2 Å². The highest BCUT2D eigenvalue weighted by atomic mass is 32.1. The number of ether oxygens (including phenoxy) is 1. The summed E-state index contributed by atoms with van der Waals surface area (Å²) in [7, 11) is 0. The Morgan fingerprint density at radius 3 is 2.46 bits per heavy atom. The lowest BCUT2D eigenvalue weighted by atomic mass is 10.2. The van der Waals surface area contributed by atoms with Gasteiger partial charge in [0, 0.05) is 12.6 Å². The molecule has 0 spiro atoms. The molecule has 0 saturated heterocycles. The summed E-state index contributed by atoms with van der Waals surface area (Å²) in [6.07, 6.45) is 0. The Labute approximate surface area is 156 Å². The molecule has 134 valence electrons. The average molecular weight is 369 g/mol. The van der Waals surface area contributed by atoms with Crippen molar-refractivity contribution >= 4 is 40.0 Å². The van der Waals surface area contributed by atoms with Gasteiger partial charge in [-0.25, -0.2) is 0 Å². The molecule has 26 heavy (non-hydrogen) atoms. The van der Waals surface area contributed by atoms with Crippen LogP contribution in [0.3, 0.4) is 0 Å². The molecule has 0 aliphatic carbocycles. The molecule has 0 atom stereocenters. The van der Waals surface area contributed by atoms with Gasteiger partial charge in [0.25, 0.3) is 0 Å². The molecule has 0 aliphatic rings. The summed E-state index contributed by atoms with van der Waals surface area (Å²) in [5, 5.41) is 14.8. The van der Waals surface area contributed by atoms with Crippen LogP contribution >= 0.6 is 12.2 Å². The van der Waals surface area contributed by atoms with Crippen molar-refractivity contribution < 1.29 is 9.53 Å². The number of anilines is 1. The summed E-state index contributed by atoms with van der Waals surface area (Å²) >= 11 is 5.11. The maximum atomic E-state index is 11.1. The molecule has 1 heterocycles. The summed E-state index contributed by atoms with van der Waals surface area (Å²) in [4.78, 5) is 12.7. The van der Waals surface area contributed by atoms with Gasteiger partial charge in [0.2, 0.25) is 5.91 Å². The number of carbonyl (C=O) groups is 1. The van der Waals surface area contributed by atoms with E-state index >= 15 is 0 Å². The number of hydrogen-bond acceptors (Lipinski definition) is 5. The van der Waals surface area contributed by atoms with Crippen molar-refractivity contribution in [1.82, 2.24) is 20.3 Å². The number of carbonyl (C=O) groups excluding carboxylic acids is 1. The van der Waals surface area contributed by atoms with E-state index in [1.54, 1.807) is 4.80 Å². The van der Waals surface area contributed by atoms with Gasteiger partial charge in [0.05, 0.1) is 12.3 Å². The van der Waals surface area contributed by atoms with Crippen molar-refractivity contribution in [2.45, 2.75) is 20.8 Å². The summed E-state index contributed by atoms with van der Waals surface area (Å²) in [5.74, 6) is 0.587. The zero-order valence-electron chi connectivity index (χ0n) is 14.7. The summed E-state index contributed by atoms with van der Waals surface area (Å²) in [5.41, 5.74) is 4.05. The molecule has 0 saturated carbocycles. The molecular weight excluding hydrogens is 350 g/mol. The number of hydrogen-bond donors (Lipinski definition) is 2. The summed E-state index contributed by atoms with van der Waals surface area (Å²) < 4.78 is 5.45. The molecule has 3 aromatic rings. The first-order valence-corrected chi connectivity index (χ1v) is 8.56. The van der Waals surface area contributed by atoms with Crippen LogP contribution in [0.15, 0.2) is 36.4 Å². The van der Waals surface area contributed by atoms with E-state index in [1.165, 1.54) is 6.92 Å². The van der Waals surface area contributed by atoms with Crippen molar-refractivity contribution in [1.29, 1.82) is 0 Å². The van der Waals surface area contributed by atoms with Gasteiger partial charge in [-0.1, -0.05) is 0 Å². The number of fused-ring (bicyclic) bond motifs is 1. The molecule has 7 nitrogen and oxygen atoms in total. The van der Waals surface area contributed by atoms with Gasteiger partial charge >= 0.3 is 0 Å². The fourth-order valence-electron chi connectivity index (χ4n) is 2.47. The molecule has 2 N–H and O–H groups in total. The topological polar surface area (TPSA) is 81.1 Å². The Bertz CT molecular complexity index is 966. The number of rotatable bonds is 4. The predicted octanol–water partition coefficient (Wildman–Crippen LogP) is 2.96. The van der Waals surface area contributed by atoms with Gasteiger partial charge in [0.1, 0.15) is 16.8 Å². The maximum Gasteiger partial charge on any atom is 0.222 e. The van der Waals surface area contributed by atoms with Gasteiger partial charge in [-0.2, -0.15) is 4.80 Å². The van der Waals surface area contributed by atoms with Crippen molar-refractivity contribution in [2.24, 2.45) is 0 Å². The van der Waals surface area contributed by atoms with E-state index in [0.717, 1.165) is 33.7 Å². The quantitative estimate of drug-likeness (QED) is 0.688. The smallest absolute Gasteiger partial charge is 0.222 e. The first-order chi connectivity index (χ1) is 12.5. The minimum Gasteiger partial charge on any atom is -0.494 e. The van der Waals surface area contributed by atoms with Crippen LogP contribution in [0.1, 0.15) is 19.4 Å². The predicted molar refractivity (Wildman–Crippen MR) is 105 cm³/mol. The molecule has 0 fully saturated rings. The maximum absolute atomic E-state index is 11.1.